The van der Waals surface area contributed by atoms with E-state index in [0.29, 0.717) is 11.9 Å². The molecule has 0 bridgehead atoms. The van der Waals surface area contributed by atoms with E-state index in [0.717, 1.165) is 24.3 Å². The minimum Gasteiger partial charge on any atom is -0.464 e. The Morgan fingerprint density at radius 2 is 2.31 bits per heavy atom. The number of ether oxygens (including phenoxy) is 1. The zero-order valence-electron chi connectivity index (χ0n) is 9.18. The third-order valence-corrected chi connectivity index (χ3v) is 3.84. The molecule has 2 heterocycles. The number of methoxy groups -OCH3 is 1. The Morgan fingerprint density at radius 1 is 1.62 bits per heavy atom. The SMILES string of the molecule is COC(=O)c1ncn(C2CCSCC2)c1N. The molecule has 1 aromatic heterocycles. The molecule has 1 fully saturated rings. The van der Waals surface area contributed by atoms with Crippen LogP contribution in [0.25, 0.3) is 0 Å². The van der Waals surface area contributed by atoms with Crippen LogP contribution in [-0.2, 0) is 4.74 Å². The molecule has 1 aromatic rings. The van der Waals surface area contributed by atoms with Gasteiger partial charge in [0.05, 0.1) is 13.4 Å². The Morgan fingerprint density at radius 3 is 2.94 bits per heavy atom. The number of anilines is 1. The lowest BCUT2D eigenvalue weighted by atomic mass is 10.1. The summed E-state index contributed by atoms with van der Waals surface area (Å²) >= 11 is 1.95. The van der Waals surface area contributed by atoms with Crippen molar-refractivity contribution in [1.29, 1.82) is 0 Å². The second-order valence-corrected chi connectivity index (χ2v) is 4.95. The first kappa shape index (κ1) is 11.3. The first-order valence-corrected chi connectivity index (χ1v) is 6.38. The molecule has 0 saturated carbocycles. The molecule has 0 aromatic carbocycles. The number of nitrogens with two attached hydrogens (primary N) is 1. The maximum atomic E-state index is 11.3. The lowest BCUT2D eigenvalue weighted by molar-refractivity contribution is 0.0596. The summed E-state index contributed by atoms with van der Waals surface area (Å²) in [7, 11) is 1.33. The van der Waals surface area contributed by atoms with E-state index in [4.69, 9.17) is 5.73 Å². The van der Waals surface area contributed by atoms with Crippen molar-refractivity contribution in [2.24, 2.45) is 0 Å². The summed E-state index contributed by atoms with van der Waals surface area (Å²) in [5.41, 5.74) is 6.13. The fourth-order valence-electron chi connectivity index (χ4n) is 1.88. The number of rotatable bonds is 2. The van der Waals surface area contributed by atoms with Crippen LogP contribution in [-0.4, -0.2) is 34.1 Å². The van der Waals surface area contributed by atoms with Gasteiger partial charge in [0.25, 0.3) is 0 Å². The second-order valence-electron chi connectivity index (χ2n) is 3.72. The van der Waals surface area contributed by atoms with E-state index in [1.54, 1.807) is 6.33 Å². The summed E-state index contributed by atoms with van der Waals surface area (Å²) in [5.74, 6) is 2.22. The Labute approximate surface area is 98.4 Å². The quantitative estimate of drug-likeness (QED) is 0.791. The topological polar surface area (TPSA) is 70.1 Å². The minimum absolute atomic E-state index is 0.223. The second kappa shape index (κ2) is 4.78. The van der Waals surface area contributed by atoms with Gasteiger partial charge in [0.2, 0.25) is 0 Å². The van der Waals surface area contributed by atoms with Gasteiger partial charge in [0.15, 0.2) is 5.69 Å². The van der Waals surface area contributed by atoms with Crippen molar-refractivity contribution in [3.05, 3.63) is 12.0 Å². The summed E-state index contributed by atoms with van der Waals surface area (Å²) < 4.78 is 6.51. The third-order valence-electron chi connectivity index (χ3n) is 2.79. The van der Waals surface area contributed by atoms with Gasteiger partial charge in [-0.15, -0.1) is 0 Å². The average Bonchev–Trinajstić information content (AvgIpc) is 2.71. The van der Waals surface area contributed by atoms with Gasteiger partial charge < -0.3 is 15.0 Å². The molecule has 0 atom stereocenters. The Hall–Kier alpha value is -1.17. The zero-order chi connectivity index (χ0) is 11.5. The van der Waals surface area contributed by atoms with Crippen molar-refractivity contribution in [1.82, 2.24) is 9.55 Å². The molecular formula is C10H15N3O2S. The number of nitrogen functional groups attached to an aromatic ring is 1. The molecule has 16 heavy (non-hydrogen) atoms. The predicted octanol–water partition coefficient (Wildman–Crippen LogP) is 1.32. The molecule has 1 aliphatic rings. The normalized spacial score (nSPS) is 17.3. The predicted molar refractivity (Wildman–Crippen MR) is 63.6 cm³/mol. The third kappa shape index (κ3) is 2.02. The first-order chi connectivity index (χ1) is 7.74. The van der Waals surface area contributed by atoms with Crippen molar-refractivity contribution in [3.63, 3.8) is 0 Å². The molecular weight excluding hydrogens is 226 g/mol. The van der Waals surface area contributed by atoms with Gasteiger partial charge >= 0.3 is 5.97 Å². The highest BCUT2D eigenvalue weighted by Gasteiger charge is 2.22. The fourth-order valence-corrected chi connectivity index (χ4v) is 2.96. The van der Waals surface area contributed by atoms with Crippen LogP contribution in [0.1, 0.15) is 29.4 Å². The van der Waals surface area contributed by atoms with Crippen LogP contribution in [0.4, 0.5) is 5.82 Å². The largest absolute Gasteiger partial charge is 0.464 e. The molecule has 5 nitrogen and oxygen atoms in total. The molecule has 2 rings (SSSR count). The Balaban J connectivity index is 2.21. The average molecular weight is 241 g/mol. The van der Waals surface area contributed by atoms with Gasteiger partial charge in [-0.05, 0) is 24.3 Å². The number of imidazole rings is 1. The molecule has 6 heteroatoms. The summed E-state index contributed by atoms with van der Waals surface area (Å²) in [6.07, 6.45) is 3.79. The van der Waals surface area contributed by atoms with E-state index in [1.165, 1.54) is 7.11 Å². The summed E-state index contributed by atoms with van der Waals surface area (Å²) in [5, 5.41) is 0. The van der Waals surface area contributed by atoms with Crippen LogP contribution in [0, 0.1) is 0 Å². The summed E-state index contributed by atoms with van der Waals surface area (Å²) in [6.45, 7) is 0. The number of esters is 1. The first-order valence-electron chi connectivity index (χ1n) is 5.22. The van der Waals surface area contributed by atoms with Crippen molar-refractivity contribution in [3.8, 4) is 0 Å². The Kier molecular flexibility index (Phi) is 3.38. The lowest BCUT2D eigenvalue weighted by Gasteiger charge is -2.23. The highest BCUT2D eigenvalue weighted by atomic mass is 32.2. The number of hydrogen-bond donors (Lipinski definition) is 1. The van der Waals surface area contributed by atoms with Crippen LogP contribution < -0.4 is 5.73 Å². The molecule has 0 aliphatic carbocycles. The van der Waals surface area contributed by atoms with Crippen LogP contribution >= 0.6 is 11.8 Å². The van der Waals surface area contributed by atoms with E-state index in [2.05, 4.69) is 9.72 Å². The highest BCUT2D eigenvalue weighted by molar-refractivity contribution is 7.99. The van der Waals surface area contributed by atoms with Crippen LogP contribution in [0.2, 0.25) is 0 Å². The molecule has 88 valence electrons. The van der Waals surface area contributed by atoms with Crippen molar-refractivity contribution in [2.45, 2.75) is 18.9 Å². The van der Waals surface area contributed by atoms with E-state index in [9.17, 15) is 4.79 Å². The number of hydrogen-bond acceptors (Lipinski definition) is 5. The van der Waals surface area contributed by atoms with Crippen LogP contribution in [0.15, 0.2) is 6.33 Å². The Bertz CT molecular complexity index is 385. The maximum absolute atomic E-state index is 11.3. The number of nitrogens with zero attached hydrogens (tertiary/aromatic N) is 2. The van der Waals surface area contributed by atoms with E-state index >= 15 is 0 Å². The van der Waals surface area contributed by atoms with E-state index < -0.39 is 5.97 Å². The van der Waals surface area contributed by atoms with Crippen molar-refractivity contribution in [2.75, 3.05) is 24.3 Å². The fraction of sp³-hybridized carbons (Fsp3) is 0.600. The van der Waals surface area contributed by atoms with Crippen molar-refractivity contribution < 1.29 is 9.53 Å². The molecule has 2 N–H and O–H groups in total. The summed E-state index contributed by atoms with van der Waals surface area (Å²) in [6, 6.07) is 0.368. The van der Waals surface area contributed by atoms with Gasteiger partial charge in [-0.1, -0.05) is 0 Å². The van der Waals surface area contributed by atoms with Gasteiger partial charge in [-0.25, -0.2) is 9.78 Å². The van der Waals surface area contributed by atoms with E-state index in [1.807, 2.05) is 16.3 Å². The molecule has 1 aliphatic heterocycles. The molecule has 0 radical (unpaired) electrons. The number of thioether (sulfide) groups is 1. The minimum atomic E-state index is -0.471. The number of carbonyl (C=O) groups is 1. The molecule has 0 amide bonds. The highest BCUT2D eigenvalue weighted by Crippen LogP contribution is 2.29. The van der Waals surface area contributed by atoms with Crippen LogP contribution in [0.5, 0.6) is 0 Å². The standard InChI is InChI=1S/C10H15N3O2S/c1-15-10(14)8-9(11)13(6-12-8)7-2-4-16-5-3-7/h6-7H,2-5,11H2,1H3. The summed E-state index contributed by atoms with van der Waals surface area (Å²) in [4.78, 5) is 15.4. The molecule has 0 unspecified atom stereocenters. The van der Waals surface area contributed by atoms with Gasteiger partial charge in [-0.3, -0.25) is 0 Å². The molecule has 1 saturated heterocycles. The smallest absolute Gasteiger partial charge is 0.360 e. The maximum Gasteiger partial charge on any atom is 0.360 e. The van der Waals surface area contributed by atoms with Gasteiger partial charge in [-0.2, -0.15) is 11.8 Å². The number of carbonyl (C=O) groups excluding carboxylic acids is 1. The van der Waals surface area contributed by atoms with Crippen LogP contribution in [0.3, 0.4) is 0 Å². The molecule has 0 spiro atoms. The van der Waals surface area contributed by atoms with Gasteiger partial charge in [0, 0.05) is 6.04 Å². The lowest BCUT2D eigenvalue weighted by Crippen LogP contribution is -2.17. The van der Waals surface area contributed by atoms with Crippen molar-refractivity contribution >= 4 is 23.5 Å². The van der Waals surface area contributed by atoms with E-state index in [-0.39, 0.29) is 5.69 Å². The zero-order valence-corrected chi connectivity index (χ0v) is 10.00. The van der Waals surface area contributed by atoms with Gasteiger partial charge in [0.1, 0.15) is 5.82 Å². The number of aromatic nitrogens is 2. The monoisotopic (exact) mass is 241 g/mol.